The number of pyridine rings is 1. The van der Waals surface area contributed by atoms with Gasteiger partial charge in [-0.05, 0) is 44.1 Å². The Hall–Kier alpha value is -3.44. The SMILES string of the molecule is C=C(N(CC1CCC(C)CC1)c1c(N)nc(-c2n[nH]c(=O)o2)nc1-c1cncc(Cl)c1)N1CCO[C@H](C)[C@H]1CC. The molecular formula is C28H37ClN8O3. The Kier molecular flexibility index (Phi) is 8.41. The third-order valence-corrected chi connectivity index (χ3v) is 8.29. The first-order chi connectivity index (χ1) is 19.2. The summed E-state index contributed by atoms with van der Waals surface area (Å²) in [5.41, 5.74) is 8.51. The van der Waals surface area contributed by atoms with E-state index in [0.717, 1.165) is 31.0 Å². The maximum Gasteiger partial charge on any atom is 0.434 e. The number of rotatable bonds is 8. The molecule has 1 saturated heterocycles. The molecule has 40 heavy (non-hydrogen) atoms. The van der Waals surface area contributed by atoms with Crippen molar-refractivity contribution in [3.63, 3.8) is 0 Å². The van der Waals surface area contributed by atoms with Crippen molar-refractivity contribution in [2.75, 3.05) is 30.3 Å². The summed E-state index contributed by atoms with van der Waals surface area (Å²) in [6.45, 7) is 13.2. The molecule has 1 aliphatic carbocycles. The lowest BCUT2D eigenvalue weighted by molar-refractivity contribution is -0.0498. The van der Waals surface area contributed by atoms with Crippen LogP contribution in [0.1, 0.15) is 52.9 Å². The van der Waals surface area contributed by atoms with Gasteiger partial charge in [-0.1, -0.05) is 44.9 Å². The van der Waals surface area contributed by atoms with Crippen molar-refractivity contribution in [1.29, 1.82) is 0 Å². The molecule has 3 N–H and O–H groups in total. The zero-order chi connectivity index (χ0) is 28.4. The van der Waals surface area contributed by atoms with E-state index in [1.54, 1.807) is 18.5 Å². The second kappa shape index (κ2) is 12.0. The Labute approximate surface area is 238 Å². The Balaban J connectivity index is 1.65. The van der Waals surface area contributed by atoms with Gasteiger partial charge < -0.3 is 24.7 Å². The minimum atomic E-state index is -0.708. The van der Waals surface area contributed by atoms with E-state index in [9.17, 15) is 4.79 Å². The highest BCUT2D eigenvalue weighted by atomic mass is 35.5. The summed E-state index contributed by atoms with van der Waals surface area (Å²) in [5, 5.41) is 6.62. The first-order valence-electron chi connectivity index (χ1n) is 13.9. The molecule has 0 bridgehead atoms. The second-order valence-corrected chi connectivity index (χ2v) is 11.3. The van der Waals surface area contributed by atoms with Crippen LogP contribution in [0.2, 0.25) is 5.02 Å². The molecule has 214 valence electrons. The van der Waals surface area contributed by atoms with E-state index < -0.39 is 5.76 Å². The Morgan fingerprint density at radius 2 is 2.02 bits per heavy atom. The summed E-state index contributed by atoms with van der Waals surface area (Å²) >= 11 is 6.37. The molecule has 0 spiro atoms. The maximum atomic E-state index is 11.7. The van der Waals surface area contributed by atoms with Gasteiger partial charge in [-0.15, -0.1) is 5.10 Å². The smallest absolute Gasteiger partial charge is 0.384 e. The number of nitrogens with zero attached hydrogens (tertiary/aromatic N) is 6. The zero-order valence-corrected chi connectivity index (χ0v) is 24.0. The van der Waals surface area contributed by atoms with Crippen molar-refractivity contribution in [3.05, 3.63) is 46.4 Å². The molecule has 0 amide bonds. The molecule has 1 saturated carbocycles. The molecule has 11 nitrogen and oxygen atoms in total. The van der Waals surface area contributed by atoms with Gasteiger partial charge in [0.15, 0.2) is 5.82 Å². The number of nitrogens with one attached hydrogen (secondary N) is 1. The zero-order valence-electron chi connectivity index (χ0n) is 23.3. The van der Waals surface area contributed by atoms with Gasteiger partial charge in [0.25, 0.3) is 5.89 Å². The van der Waals surface area contributed by atoms with Crippen molar-refractivity contribution in [1.82, 2.24) is 30.0 Å². The van der Waals surface area contributed by atoms with Crippen molar-refractivity contribution >= 4 is 23.1 Å². The number of hydrogen-bond acceptors (Lipinski definition) is 10. The van der Waals surface area contributed by atoms with Gasteiger partial charge in [-0.2, -0.15) is 0 Å². The van der Waals surface area contributed by atoms with E-state index in [1.165, 1.54) is 12.8 Å². The van der Waals surface area contributed by atoms with Crippen molar-refractivity contribution < 1.29 is 9.15 Å². The highest BCUT2D eigenvalue weighted by Gasteiger charge is 2.34. The number of nitrogens with two attached hydrogens (primary N) is 1. The molecule has 3 aromatic heterocycles. The van der Waals surface area contributed by atoms with E-state index in [0.29, 0.717) is 47.6 Å². The van der Waals surface area contributed by atoms with Crippen LogP contribution < -0.4 is 16.4 Å². The third-order valence-electron chi connectivity index (χ3n) is 8.08. The van der Waals surface area contributed by atoms with Gasteiger partial charge in [0.2, 0.25) is 5.82 Å². The standard InChI is InChI=1S/C28H37ClN8O3/c1-5-22-17(3)39-11-10-36(22)18(4)37(15-19-8-6-16(2)7-9-19)24-23(20-12-21(29)14-31-13-20)32-26(33-25(24)30)27-34-35-28(38)40-27/h12-14,16-17,19,22H,4-11,15H2,1-3H3,(H,35,38)(H2,30,32,33)/t16?,17-,19?,22-/m1/s1. The van der Waals surface area contributed by atoms with Crippen LogP contribution in [-0.2, 0) is 4.74 Å². The summed E-state index contributed by atoms with van der Waals surface area (Å²) in [6, 6.07) is 1.94. The molecule has 2 atom stereocenters. The average Bonchev–Trinajstić information content (AvgIpc) is 3.38. The van der Waals surface area contributed by atoms with Crippen molar-refractivity contribution in [2.45, 2.75) is 65.0 Å². The maximum absolute atomic E-state index is 11.7. The summed E-state index contributed by atoms with van der Waals surface area (Å²) < 4.78 is 11.1. The number of hydrogen-bond donors (Lipinski definition) is 2. The predicted octanol–water partition coefficient (Wildman–Crippen LogP) is 4.72. The van der Waals surface area contributed by atoms with Gasteiger partial charge in [0, 0.05) is 31.0 Å². The number of ether oxygens (including phenoxy) is 1. The lowest BCUT2D eigenvalue weighted by Crippen LogP contribution is -2.52. The Morgan fingerprint density at radius 1 is 1.25 bits per heavy atom. The highest BCUT2D eigenvalue weighted by Crippen LogP contribution is 2.40. The molecule has 2 fully saturated rings. The average molecular weight is 569 g/mol. The van der Waals surface area contributed by atoms with Gasteiger partial charge in [0.05, 0.1) is 23.8 Å². The minimum Gasteiger partial charge on any atom is -0.384 e. The minimum absolute atomic E-state index is 0.0563. The van der Waals surface area contributed by atoms with Crippen molar-refractivity contribution in [2.24, 2.45) is 11.8 Å². The summed E-state index contributed by atoms with van der Waals surface area (Å²) in [6.07, 6.45) is 8.81. The number of nitrogen functional groups attached to an aromatic ring is 1. The summed E-state index contributed by atoms with van der Waals surface area (Å²) in [4.78, 5) is 29.8. The van der Waals surface area contributed by atoms with Crippen LogP contribution in [0, 0.1) is 11.8 Å². The van der Waals surface area contributed by atoms with Crippen LogP contribution in [0.5, 0.6) is 0 Å². The molecule has 0 radical (unpaired) electrons. The fraction of sp³-hybridized carbons (Fsp3) is 0.536. The molecule has 4 heterocycles. The van der Waals surface area contributed by atoms with Crippen molar-refractivity contribution in [3.8, 4) is 23.0 Å². The first kappa shape index (κ1) is 28.1. The molecular weight excluding hydrogens is 532 g/mol. The molecule has 5 rings (SSSR count). The van der Waals surface area contributed by atoms with E-state index in [2.05, 4.69) is 57.3 Å². The van der Waals surface area contributed by atoms with Gasteiger partial charge in [0.1, 0.15) is 17.2 Å². The van der Waals surface area contributed by atoms with E-state index in [1.807, 2.05) is 0 Å². The molecule has 0 unspecified atom stereocenters. The number of aromatic nitrogens is 5. The lowest BCUT2D eigenvalue weighted by Gasteiger charge is -2.46. The number of halogens is 1. The van der Waals surface area contributed by atoms with Gasteiger partial charge >= 0.3 is 5.76 Å². The molecule has 2 aliphatic rings. The first-order valence-corrected chi connectivity index (χ1v) is 14.3. The van der Waals surface area contributed by atoms with Crippen LogP contribution in [0.25, 0.3) is 23.0 Å². The quantitative estimate of drug-likeness (QED) is 0.392. The highest BCUT2D eigenvalue weighted by molar-refractivity contribution is 6.30. The van der Waals surface area contributed by atoms with E-state index in [-0.39, 0.29) is 29.7 Å². The Bertz CT molecular complexity index is 1400. The van der Waals surface area contributed by atoms with Gasteiger partial charge in [-0.3, -0.25) is 4.98 Å². The number of anilines is 2. The van der Waals surface area contributed by atoms with Crippen LogP contribution in [0.15, 0.2) is 40.1 Å². The monoisotopic (exact) mass is 568 g/mol. The predicted molar refractivity (Wildman–Crippen MR) is 155 cm³/mol. The van der Waals surface area contributed by atoms with Crippen LogP contribution in [-0.4, -0.2) is 61.9 Å². The van der Waals surface area contributed by atoms with E-state index >= 15 is 0 Å². The molecule has 0 aromatic carbocycles. The number of aromatic amines is 1. The summed E-state index contributed by atoms with van der Waals surface area (Å²) in [7, 11) is 0. The fourth-order valence-electron chi connectivity index (χ4n) is 5.89. The van der Waals surface area contributed by atoms with Crippen LogP contribution in [0.3, 0.4) is 0 Å². The van der Waals surface area contributed by atoms with Crippen LogP contribution in [0.4, 0.5) is 11.5 Å². The molecule has 3 aromatic rings. The Morgan fingerprint density at radius 3 is 2.70 bits per heavy atom. The fourth-order valence-corrected chi connectivity index (χ4v) is 6.07. The summed E-state index contributed by atoms with van der Waals surface area (Å²) in [5.74, 6) is 1.52. The third kappa shape index (κ3) is 5.85. The molecule has 12 heteroatoms. The second-order valence-electron chi connectivity index (χ2n) is 10.8. The van der Waals surface area contributed by atoms with Crippen LogP contribution >= 0.6 is 11.6 Å². The lowest BCUT2D eigenvalue weighted by atomic mass is 9.82. The number of H-pyrrole nitrogens is 1. The topological polar surface area (TPSA) is 139 Å². The van der Waals surface area contributed by atoms with E-state index in [4.69, 9.17) is 31.5 Å². The van der Waals surface area contributed by atoms with Gasteiger partial charge in [-0.25, -0.2) is 19.9 Å². The number of morpholine rings is 1. The molecule has 1 aliphatic heterocycles. The largest absolute Gasteiger partial charge is 0.434 e. The normalized spacial score (nSPS) is 23.2.